The van der Waals surface area contributed by atoms with Gasteiger partial charge in [-0.05, 0) is 30.5 Å². The number of thioether (sulfide) groups is 1. The molecule has 3 aromatic rings. The lowest BCUT2D eigenvalue weighted by atomic mass is 10.2. The first-order valence-corrected chi connectivity index (χ1v) is 11.9. The molecule has 1 saturated carbocycles. The Morgan fingerprint density at radius 1 is 0.969 bits per heavy atom. The fourth-order valence-electron chi connectivity index (χ4n) is 3.90. The van der Waals surface area contributed by atoms with E-state index in [1.807, 2.05) is 23.1 Å². The summed E-state index contributed by atoms with van der Waals surface area (Å²) in [5, 5.41) is 9.62. The molecule has 2 fully saturated rings. The number of nitrogens with zero attached hydrogens (tertiary/aromatic N) is 5. The van der Waals surface area contributed by atoms with E-state index in [0.29, 0.717) is 50.2 Å². The predicted octanol–water partition coefficient (Wildman–Crippen LogP) is 2.87. The van der Waals surface area contributed by atoms with Crippen LogP contribution in [0.25, 0.3) is 0 Å². The van der Waals surface area contributed by atoms with Crippen LogP contribution in [0.3, 0.4) is 0 Å². The summed E-state index contributed by atoms with van der Waals surface area (Å²) in [6, 6.07) is 13.6. The van der Waals surface area contributed by atoms with Crippen LogP contribution in [0, 0.1) is 0 Å². The van der Waals surface area contributed by atoms with Crippen LogP contribution in [-0.2, 0) is 11.3 Å². The molecule has 0 radical (unpaired) electrons. The van der Waals surface area contributed by atoms with Gasteiger partial charge in [-0.3, -0.25) is 9.59 Å². The van der Waals surface area contributed by atoms with E-state index < -0.39 is 0 Å². The minimum atomic E-state index is -0.127. The van der Waals surface area contributed by atoms with Crippen molar-refractivity contribution >= 4 is 23.6 Å². The Balaban J connectivity index is 1.18. The maximum atomic E-state index is 12.8. The zero-order valence-electron chi connectivity index (χ0n) is 17.7. The van der Waals surface area contributed by atoms with Crippen molar-refractivity contribution in [2.75, 3.05) is 31.9 Å². The molecular formula is C23H25N5O3S. The maximum absolute atomic E-state index is 12.8. The third-order valence-corrected chi connectivity index (χ3v) is 6.80. The lowest BCUT2D eigenvalue weighted by Gasteiger charge is -2.34. The third kappa shape index (κ3) is 4.57. The van der Waals surface area contributed by atoms with Crippen LogP contribution in [0.4, 0.5) is 0 Å². The first kappa shape index (κ1) is 20.8. The smallest absolute Gasteiger partial charge is 0.289 e. The zero-order valence-corrected chi connectivity index (χ0v) is 18.5. The minimum absolute atomic E-state index is 0.0577. The summed E-state index contributed by atoms with van der Waals surface area (Å²) in [6.07, 6.45) is 3.80. The van der Waals surface area contributed by atoms with E-state index in [9.17, 15) is 9.59 Å². The minimum Gasteiger partial charge on any atom is -0.459 e. The quantitative estimate of drug-likeness (QED) is 0.514. The number of carbonyl (C=O) groups is 2. The second-order valence-corrected chi connectivity index (χ2v) is 9.07. The molecule has 1 aliphatic carbocycles. The van der Waals surface area contributed by atoms with Gasteiger partial charge in [0.2, 0.25) is 5.91 Å². The highest BCUT2D eigenvalue weighted by molar-refractivity contribution is 7.99. The molecular weight excluding hydrogens is 426 g/mol. The lowest BCUT2D eigenvalue weighted by Crippen LogP contribution is -2.51. The molecule has 166 valence electrons. The van der Waals surface area contributed by atoms with Crippen LogP contribution < -0.4 is 0 Å². The van der Waals surface area contributed by atoms with Crippen molar-refractivity contribution in [3.63, 3.8) is 0 Å². The normalized spacial score (nSPS) is 16.4. The molecule has 2 aromatic heterocycles. The molecule has 0 atom stereocenters. The van der Waals surface area contributed by atoms with Gasteiger partial charge in [0.05, 0.1) is 18.6 Å². The van der Waals surface area contributed by atoms with E-state index in [-0.39, 0.29) is 11.8 Å². The Morgan fingerprint density at radius 3 is 2.41 bits per heavy atom. The van der Waals surface area contributed by atoms with Crippen LogP contribution in [0.2, 0.25) is 0 Å². The molecule has 32 heavy (non-hydrogen) atoms. The Bertz CT molecular complexity index is 1070. The Labute approximate surface area is 190 Å². The van der Waals surface area contributed by atoms with Crippen LogP contribution in [0.5, 0.6) is 0 Å². The molecule has 0 spiro atoms. The fourth-order valence-corrected chi connectivity index (χ4v) is 4.75. The molecule has 0 N–H and O–H groups in total. The van der Waals surface area contributed by atoms with Gasteiger partial charge in [-0.1, -0.05) is 42.1 Å². The number of rotatable bonds is 7. The predicted molar refractivity (Wildman–Crippen MR) is 119 cm³/mol. The summed E-state index contributed by atoms with van der Waals surface area (Å²) < 4.78 is 7.35. The Morgan fingerprint density at radius 2 is 1.72 bits per heavy atom. The van der Waals surface area contributed by atoms with Crippen molar-refractivity contribution in [1.29, 1.82) is 0 Å². The average Bonchev–Trinajstić information content (AvgIpc) is 3.37. The van der Waals surface area contributed by atoms with Gasteiger partial charge in [0.1, 0.15) is 5.82 Å². The number of aromatic nitrogens is 3. The third-order valence-electron chi connectivity index (χ3n) is 5.85. The molecule has 9 heteroatoms. The first-order chi connectivity index (χ1) is 15.7. The van der Waals surface area contributed by atoms with Gasteiger partial charge in [-0.25, -0.2) is 0 Å². The van der Waals surface area contributed by atoms with Crippen LogP contribution in [0.15, 0.2) is 58.3 Å². The van der Waals surface area contributed by atoms with Crippen LogP contribution in [-0.4, -0.2) is 68.3 Å². The Kier molecular flexibility index (Phi) is 5.98. The van der Waals surface area contributed by atoms with Crippen LogP contribution >= 0.6 is 11.8 Å². The number of benzene rings is 1. The molecule has 1 saturated heterocycles. The number of furan rings is 1. The number of hydrogen-bond acceptors (Lipinski definition) is 6. The van der Waals surface area contributed by atoms with Crippen molar-refractivity contribution in [1.82, 2.24) is 24.6 Å². The molecule has 2 aliphatic rings. The van der Waals surface area contributed by atoms with Gasteiger partial charge in [0, 0.05) is 32.1 Å². The van der Waals surface area contributed by atoms with Crippen molar-refractivity contribution in [2.45, 2.75) is 30.5 Å². The largest absolute Gasteiger partial charge is 0.459 e. The second-order valence-electron chi connectivity index (χ2n) is 8.13. The highest BCUT2D eigenvalue weighted by atomic mass is 32.2. The molecule has 5 rings (SSSR count). The second kappa shape index (κ2) is 9.20. The molecule has 1 aliphatic heterocycles. The number of hydrogen-bond donors (Lipinski definition) is 0. The summed E-state index contributed by atoms with van der Waals surface area (Å²) in [5.74, 6) is 2.08. The van der Waals surface area contributed by atoms with E-state index >= 15 is 0 Å². The molecule has 0 bridgehead atoms. The molecule has 3 heterocycles. The SMILES string of the molecule is O=C(CSc1nnc(C2CC2)n1Cc1ccccc1)N1CCN(C(=O)c2ccco2)CC1. The number of amides is 2. The van der Waals surface area contributed by atoms with Gasteiger partial charge in [0.15, 0.2) is 10.9 Å². The topological polar surface area (TPSA) is 84.5 Å². The zero-order chi connectivity index (χ0) is 21.9. The van der Waals surface area contributed by atoms with E-state index in [4.69, 9.17) is 4.42 Å². The maximum Gasteiger partial charge on any atom is 0.289 e. The Hall–Kier alpha value is -3.07. The lowest BCUT2D eigenvalue weighted by molar-refractivity contribution is -0.129. The van der Waals surface area contributed by atoms with Gasteiger partial charge >= 0.3 is 0 Å². The summed E-state index contributed by atoms with van der Waals surface area (Å²) >= 11 is 1.44. The van der Waals surface area contributed by atoms with Crippen molar-refractivity contribution in [3.05, 3.63) is 65.9 Å². The molecule has 2 amide bonds. The first-order valence-electron chi connectivity index (χ1n) is 10.9. The van der Waals surface area contributed by atoms with Crippen LogP contribution in [0.1, 0.15) is 40.7 Å². The molecule has 8 nitrogen and oxygen atoms in total. The van der Waals surface area contributed by atoms with Crippen molar-refractivity contribution < 1.29 is 14.0 Å². The number of carbonyl (C=O) groups excluding carboxylic acids is 2. The summed E-state index contributed by atoms with van der Waals surface area (Å²) in [7, 11) is 0. The summed E-state index contributed by atoms with van der Waals surface area (Å²) in [6.45, 7) is 2.77. The van der Waals surface area contributed by atoms with Gasteiger partial charge < -0.3 is 18.8 Å². The molecule has 1 aromatic carbocycles. The highest BCUT2D eigenvalue weighted by Crippen LogP contribution is 2.40. The highest BCUT2D eigenvalue weighted by Gasteiger charge is 2.31. The average molecular weight is 452 g/mol. The van der Waals surface area contributed by atoms with E-state index in [2.05, 4.69) is 26.9 Å². The monoisotopic (exact) mass is 451 g/mol. The summed E-state index contributed by atoms with van der Waals surface area (Å²) in [4.78, 5) is 28.8. The van der Waals surface area contributed by atoms with Gasteiger partial charge in [0.25, 0.3) is 5.91 Å². The van der Waals surface area contributed by atoms with E-state index in [1.54, 1.807) is 17.0 Å². The van der Waals surface area contributed by atoms with E-state index in [1.165, 1.54) is 23.6 Å². The van der Waals surface area contributed by atoms with Crippen molar-refractivity contribution in [3.8, 4) is 0 Å². The molecule has 0 unspecified atom stereocenters. The van der Waals surface area contributed by atoms with Crippen molar-refractivity contribution in [2.24, 2.45) is 0 Å². The fraction of sp³-hybridized carbons (Fsp3) is 0.391. The summed E-state index contributed by atoms with van der Waals surface area (Å²) in [5.41, 5.74) is 1.19. The number of piperazine rings is 1. The van der Waals surface area contributed by atoms with Gasteiger partial charge in [-0.2, -0.15) is 0 Å². The van der Waals surface area contributed by atoms with E-state index in [0.717, 1.165) is 23.8 Å². The van der Waals surface area contributed by atoms with Gasteiger partial charge in [-0.15, -0.1) is 10.2 Å². The standard InChI is InChI=1S/C23H25N5O3S/c29-20(26-10-12-27(13-11-26)22(30)19-7-4-14-31-19)16-32-23-25-24-21(18-8-9-18)28(23)15-17-5-2-1-3-6-17/h1-7,14,18H,8-13,15-16H2.